The van der Waals surface area contributed by atoms with Crippen molar-refractivity contribution in [1.29, 1.82) is 0 Å². The molecule has 1 aliphatic rings. The first-order valence-electron chi connectivity index (χ1n) is 7.19. The van der Waals surface area contributed by atoms with Gasteiger partial charge in [0.1, 0.15) is 6.61 Å². The summed E-state index contributed by atoms with van der Waals surface area (Å²) < 4.78 is 5.50. The van der Waals surface area contributed by atoms with Gasteiger partial charge in [0, 0.05) is 23.1 Å². The number of carbonyl (C=O) groups excluding carboxylic acids is 1. The predicted molar refractivity (Wildman–Crippen MR) is 78.9 cm³/mol. The van der Waals surface area contributed by atoms with Crippen LogP contribution in [0.5, 0.6) is 0 Å². The summed E-state index contributed by atoms with van der Waals surface area (Å²) in [6, 6.07) is 8.14. The molecular weight excluding hydrogens is 252 g/mol. The van der Waals surface area contributed by atoms with Crippen LogP contribution >= 0.6 is 0 Å². The molecule has 3 rings (SSSR count). The van der Waals surface area contributed by atoms with Gasteiger partial charge in [0.2, 0.25) is 0 Å². The number of para-hydroxylation sites is 1. The molecule has 2 heterocycles. The van der Waals surface area contributed by atoms with Crippen molar-refractivity contribution < 1.29 is 9.53 Å². The van der Waals surface area contributed by atoms with E-state index in [9.17, 15) is 4.79 Å². The molecule has 2 aromatic rings. The Morgan fingerprint density at radius 2 is 2.25 bits per heavy atom. The molecule has 1 N–H and O–H groups in total. The van der Waals surface area contributed by atoms with Gasteiger partial charge in [-0.2, -0.15) is 0 Å². The predicted octanol–water partition coefficient (Wildman–Crippen LogP) is 2.81. The van der Waals surface area contributed by atoms with E-state index < -0.39 is 0 Å². The summed E-state index contributed by atoms with van der Waals surface area (Å²) in [5, 5.41) is 0.925. The number of carbonyl (C=O) groups is 1. The summed E-state index contributed by atoms with van der Waals surface area (Å²) in [6.07, 6.45) is 5.30. The highest BCUT2D eigenvalue weighted by molar-refractivity contribution is 6.03. The fraction of sp³-hybridized carbons (Fsp3) is 0.438. The minimum absolute atomic E-state index is 0.235. The van der Waals surface area contributed by atoms with Crippen molar-refractivity contribution in [1.82, 2.24) is 9.88 Å². The zero-order valence-electron chi connectivity index (χ0n) is 11.8. The van der Waals surface area contributed by atoms with Gasteiger partial charge in [0.05, 0.1) is 5.56 Å². The molecule has 106 valence electrons. The molecule has 1 aromatic heterocycles. The molecular formula is C16H20N2O2. The lowest BCUT2D eigenvalue weighted by Gasteiger charge is -2.31. The quantitative estimate of drug-likeness (QED) is 0.874. The zero-order valence-corrected chi connectivity index (χ0v) is 11.8. The molecule has 0 bridgehead atoms. The second-order valence-corrected chi connectivity index (χ2v) is 5.48. The average Bonchev–Trinajstić information content (AvgIpc) is 2.90. The number of hydrogen-bond donors (Lipinski definition) is 1. The van der Waals surface area contributed by atoms with Gasteiger partial charge in [-0.05, 0) is 32.5 Å². The number of aromatic amines is 1. The highest BCUT2D eigenvalue weighted by Crippen LogP contribution is 2.20. The standard InChI is InChI=1S/C16H20N2O2/c1-18-9-5-4-6-12(18)11-20-16(19)14-10-17-15-8-3-2-7-13(14)15/h2-3,7-8,10,12,17H,4-6,9,11H2,1H3/t12-/m1/s1. The number of nitrogens with one attached hydrogen (secondary N) is 1. The van der Waals surface area contributed by atoms with E-state index in [2.05, 4.69) is 16.9 Å². The van der Waals surface area contributed by atoms with Crippen LogP contribution < -0.4 is 0 Å². The van der Waals surface area contributed by atoms with E-state index in [1.54, 1.807) is 6.20 Å². The lowest BCUT2D eigenvalue weighted by atomic mass is 10.0. The first-order valence-corrected chi connectivity index (χ1v) is 7.19. The number of hydrogen-bond acceptors (Lipinski definition) is 3. The molecule has 0 spiro atoms. The number of piperidine rings is 1. The SMILES string of the molecule is CN1CCCC[C@@H]1COC(=O)c1c[nH]c2ccccc12. The van der Waals surface area contributed by atoms with Crippen LogP contribution in [-0.4, -0.2) is 42.1 Å². The van der Waals surface area contributed by atoms with Gasteiger partial charge < -0.3 is 14.6 Å². The molecule has 4 nitrogen and oxygen atoms in total. The van der Waals surface area contributed by atoms with Crippen LogP contribution in [-0.2, 0) is 4.74 Å². The van der Waals surface area contributed by atoms with Crippen LogP contribution in [0.3, 0.4) is 0 Å². The average molecular weight is 272 g/mol. The van der Waals surface area contributed by atoms with E-state index in [4.69, 9.17) is 4.74 Å². The van der Waals surface area contributed by atoms with Crippen LogP contribution in [0, 0.1) is 0 Å². The van der Waals surface area contributed by atoms with Gasteiger partial charge in [-0.1, -0.05) is 24.6 Å². The minimum Gasteiger partial charge on any atom is -0.460 e. The number of H-pyrrole nitrogens is 1. The number of esters is 1. The fourth-order valence-corrected chi connectivity index (χ4v) is 2.84. The molecule has 1 fully saturated rings. The third-order valence-corrected chi connectivity index (χ3v) is 4.14. The Hall–Kier alpha value is -1.81. The van der Waals surface area contributed by atoms with Gasteiger partial charge in [0.15, 0.2) is 0 Å². The zero-order chi connectivity index (χ0) is 13.9. The molecule has 1 aromatic carbocycles. The Morgan fingerprint density at radius 3 is 3.10 bits per heavy atom. The third kappa shape index (κ3) is 2.56. The molecule has 0 radical (unpaired) electrons. The molecule has 1 aliphatic heterocycles. The number of ether oxygens (including phenoxy) is 1. The molecule has 1 saturated heterocycles. The number of likely N-dealkylation sites (tertiary alicyclic amines) is 1. The smallest absolute Gasteiger partial charge is 0.340 e. The van der Waals surface area contributed by atoms with E-state index in [1.165, 1.54) is 12.8 Å². The summed E-state index contributed by atoms with van der Waals surface area (Å²) in [6.45, 7) is 1.57. The van der Waals surface area contributed by atoms with Crippen molar-refractivity contribution in [3.8, 4) is 0 Å². The summed E-state index contributed by atoms with van der Waals surface area (Å²) in [7, 11) is 2.10. The molecule has 1 atom stereocenters. The maximum Gasteiger partial charge on any atom is 0.340 e. The van der Waals surface area contributed by atoms with Gasteiger partial charge >= 0.3 is 5.97 Å². The van der Waals surface area contributed by atoms with E-state index in [1.807, 2.05) is 24.3 Å². The number of nitrogens with zero attached hydrogens (tertiary/aromatic N) is 1. The summed E-state index contributed by atoms with van der Waals surface area (Å²) in [4.78, 5) is 17.6. The van der Waals surface area contributed by atoms with Crippen molar-refractivity contribution >= 4 is 16.9 Å². The van der Waals surface area contributed by atoms with Gasteiger partial charge in [-0.3, -0.25) is 0 Å². The van der Waals surface area contributed by atoms with Crippen LogP contribution in [0.2, 0.25) is 0 Å². The highest BCUT2D eigenvalue weighted by Gasteiger charge is 2.21. The monoisotopic (exact) mass is 272 g/mol. The first kappa shape index (κ1) is 13.2. The molecule has 0 saturated carbocycles. The number of benzene rings is 1. The second kappa shape index (κ2) is 5.67. The second-order valence-electron chi connectivity index (χ2n) is 5.48. The number of rotatable bonds is 3. The Balaban J connectivity index is 1.67. The number of aromatic nitrogens is 1. The largest absolute Gasteiger partial charge is 0.460 e. The van der Waals surface area contributed by atoms with Gasteiger partial charge in [-0.15, -0.1) is 0 Å². The Morgan fingerprint density at radius 1 is 1.40 bits per heavy atom. The van der Waals surface area contributed by atoms with Gasteiger partial charge in [-0.25, -0.2) is 4.79 Å². The number of likely N-dealkylation sites (N-methyl/N-ethyl adjacent to an activating group) is 1. The lowest BCUT2D eigenvalue weighted by Crippen LogP contribution is -2.39. The van der Waals surface area contributed by atoms with Crippen molar-refractivity contribution in [2.75, 3.05) is 20.2 Å². The highest BCUT2D eigenvalue weighted by atomic mass is 16.5. The Kier molecular flexibility index (Phi) is 3.74. The maximum atomic E-state index is 12.2. The minimum atomic E-state index is -0.235. The normalized spacial score (nSPS) is 20.1. The van der Waals surface area contributed by atoms with Crippen molar-refractivity contribution in [3.05, 3.63) is 36.0 Å². The van der Waals surface area contributed by atoms with Gasteiger partial charge in [0.25, 0.3) is 0 Å². The lowest BCUT2D eigenvalue weighted by molar-refractivity contribution is 0.0330. The Labute approximate surface area is 118 Å². The summed E-state index contributed by atoms with van der Waals surface area (Å²) >= 11 is 0. The number of fused-ring (bicyclic) bond motifs is 1. The molecule has 0 amide bonds. The van der Waals surface area contributed by atoms with E-state index in [-0.39, 0.29) is 5.97 Å². The maximum absolute atomic E-state index is 12.2. The van der Waals surface area contributed by atoms with Crippen molar-refractivity contribution in [2.24, 2.45) is 0 Å². The van der Waals surface area contributed by atoms with Crippen LogP contribution in [0.4, 0.5) is 0 Å². The van der Waals surface area contributed by atoms with E-state index in [0.717, 1.165) is 23.9 Å². The first-order chi connectivity index (χ1) is 9.75. The Bertz CT molecular complexity index is 605. The van der Waals surface area contributed by atoms with Crippen LogP contribution in [0.15, 0.2) is 30.5 Å². The molecule has 20 heavy (non-hydrogen) atoms. The van der Waals surface area contributed by atoms with E-state index >= 15 is 0 Å². The third-order valence-electron chi connectivity index (χ3n) is 4.14. The van der Waals surface area contributed by atoms with Crippen LogP contribution in [0.25, 0.3) is 10.9 Å². The molecule has 0 unspecified atom stereocenters. The molecule has 4 heteroatoms. The topological polar surface area (TPSA) is 45.3 Å². The van der Waals surface area contributed by atoms with Crippen molar-refractivity contribution in [3.63, 3.8) is 0 Å². The van der Waals surface area contributed by atoms with E-state index in [0.29, 0.717) is 18.2 Å². The summed E-state index contributed by atoms with van der Waals surface area (Å²) in [5.74, 6) is -0.235. The molecule has 0 aliphatic carbocycles. The van der Waals surface area contributed by atoms with Crippen molar-refractivity contribution in [2.45, 2.75) is 25.3 Å². The summed E-state index contributed by atoms with van der Waals surface area (Å²) in [5.41, 5.74) is 1.59. The van der Waals surface area contributed by atoms with Crippen LogP contribution in [0.1, 0.15) is 29.6 Å². The fourth-order valence-electron chi connectivity index (χ4n) is 2.84.